The molecule has 2 rings (SSSR count). The van der Waals surface area contributed by atoms with Crippen molar-refractivity contribution in [2.24, 2.45) is 0 Å². The van der Waals surface area contributed by atoms with Gasteiger partial charge in [-0.2, -0.15) is 0 Å². The summed E-state index contributed by atoms with van der Waals surface area (Å²) < 4.78 is 5.17. The smallest absolute Gasteiger partial charge is 0.235 e. The first-order chi connectivity index (χ1) is 7.72. The normalized spacial score (nSPS) is 11.1. The van der Waals surface area contributed by atoms with Crippen LogP contribution >= 0.6 is 0 Å². The van der Waals surface area contributed by atoms with Crippen LogP contribution < -0.4 is 4.74 Å². The van der Waals surface area contributed by atoms with E-state index in [4.69, 9.17) is 4.74 Å². The summed E-state index contributed by atoms with van der Waals surface area (Å²) in [4.78, 5) is 12.9. The molecule has 0 aliphatic heterocycles. The Kier molecular flexibility index (Phi) is 2.59. The lowest BCUT2D eigenvalue weighted by Crippen LogP contribution is -1.89. The zero-order valence-corrected chi connectivity index (χ0v) is 8.64. The van der Waals surface area contributed by atoms with Gasteiger partial charge in [-0.3, -0.25) is 10.1 Å². The minimum absolute atomic E-state index is 0.495. The van der Waals surface area contributed by atoms with Crippen molar-refractivity contribution < 1.29 is 9.66 Å². The van der Waals surface area contributed by atoms with Crippen LogP contribution in [0.2, 0.25) is 0 Å². The van der Waals surface area contributed by atoms with Gasteiger partial charge in [-0.05, 0) is 18.2 Å². The fraction of sp³-hybridized carbons (Fsp3) is 0.0909. The third-order valence-corrected chi connectivity index (χ3v) is 2.32. The largest absolute Gasteiger partial charge is 0.496 e. The van der Waals surface area contributed by atoms with E-state index in [0.29, 0.717) is 11.3 Å². The number of benzene rings is 1. The fourth-order valence-electron chi connectivity index (χ4n) is 1.62. The average Bonchev–Trinajstić information content (AvgIpc) is 2.73. The molecule has 0 bridgehead atoms. The van der Waals surface area contributed by atoms with E-state index in [0.717, 1.165) is 17.1 Å². The van der Waals surface area contributed by atoms with E-state index in [1.807, 2.05) is 12.1 Å². The number of ether oxygens (including phenoxy) is 1. The lowest BCUT2D eigenvalue weighted by atomic mass is 10.1. The second-order valence-corrected chi connectivity index (χ2v) is 3.22. The van der Waals surface area contributed by atoms with Crippen LogP contribution in [0.3, 0.4) is 0 Å². The Hall–Kier alpha value is -2.30. The van der Waals surface area contributed by atoms with E-state index >= 15 is 0 Å². The Bertz CT molecular complexity index is 557. The fourth-order valence-corrected chi connectivity index (χ4v) is 1.62. The van der Waals surface area contributed by atoms with Gasteiger partial charge in [0.2, 0.25) is 6.20 Å². The predicted molar refractivity (Wildman–Crippen MR) is 60.9 cm³/mol. The molecular formula is C11H10N2O3. The lowest BCUT2D eigenvalue weighted by molar-refractivity contribution is -0.400. The number of methoxy groups -OCH3 is 1. The quantitative estimate of drug-likeness (QED) is 0.635. The molecule has 1 aromatic carbocycles. The molecule has 0 radical (unpaired) electrons. The maximum Gasteiger partial charge on any atom is 0.235 e. The molecular weight excluding hydrogens is 208 g/mol. The van der Waals surface area contributed by atoms with Crippen LogP contribution in [0.15, 0.2) is 30.6 Å². The number of hydrogen-bond donors (Lipinski definition) is 1. The van der Waals surface area contributed by atoms with E-state index in [1.165, 1.54) is 13.2 Å². The van der Waals surface area contributed by atoms with Gasteiger partial charge in [0.05, 0.1) is 12.0 Å². The molecule has 0 unspecified atom stereocenters. The number of rotatable bonds is 3. The number of H-pyrrole nitrogens is 1. The molecule has 0 spiro atoms. The monoisotopic (exact) mass is 218 g/mol. The Morgan fingerprint density at radius 3 is 2.94 bits per heavy atom. The summed E-state index contributed by atoms with van der Waals surface area (Å²) in [5.74, 6) is 0.616. The van der Waals surface area contributed by atoms with Crippen molar-refractivity contribution in [1.82, 2.24) is 4.98 Å². The number of nitrogens with one attached hydrogen (secondary N) is 1. The Balaban J connectivity index is 2.61. The number of aromatic amines is 1. The van der Waals surface area contributed by atoms with Crippen LogP contribution in [-0.4, -0.2) is 17.0 Å². The van der Waals surface area contributed by atoms with Gasteiger partial charge in [-0.1, -0.05) is 0 Å². The van der Waals surface area contributed by atoms with E-state index in [1.54, 1.807) is 12.3 Å². The standard InChI is InChI=1S/C11H10N2O3/c1-16-11-3-2-10-8(4-6-12-10)9(11)5-7-13(14)15/h2-7,12H,1H3. The first kappa shape index (κ1) is 10.2. The van der Waals surface area contributed by atoms with Gasteiger partial charge in [-0.25, -0.2) is 0 Å². The summed E-state index contributed by atoms with van der Waals surface area (Å²) in [5.41, 5.74) is 1.63. The molecule has 1 N–H and O–H groups in total. The zero-order valence-electron chi connectivity index (χ0n) is 8.64. The maximum atomic E-state index is 10.3. The third-order valence-electron chi connectivity index (χ3n) is 2.32. The average molecular weight is 218 g/mol. The van der Waals surface area contributed by atoms with Crippen molar-refractivity contribution in [3.63, 3.8) is 0 Å². The number of fused-ring (bicyclic) bond motifs is 1. The van der Waals surface area contributed by atoms with Crippen molar-refractivity contribution in [2.45, 2.75) is 0 Å². The van der Waals surface area contributed by atoms with Gasteiger partial charge < -0.3 is 9.72 Å². The van der Waals surface area contributed by atoms with Gasteiger partial charge in [0, 0.05) is 28.7 Å². The Labute approximate surface area is 91.5 Å². The van der Waals surface area contributed by atoms with Crippen molar-refractivity contribution in [3.8, 4) is 5.75 Å². The van der Waals surface area contributed by atoms with Gasteiger partial charge in [-0.15, -0.1) is 0 Å². The van der Waals surface area contributed by atoms with Gasteiger partial charge in [0.25, 0.3) is 0 Å². The minimum Gasteiger partial charge on any atom is -0.496 e. The Morgan fingerprint density at radius 2 is 2.25 bits per heavy atom. The highest BCUT2D eigenvalue weighted by Crippen LogP contribution is 2.28. The van der Waals surface area contributed by atoms with Crippen LogP contribution in [0.1, 0.15) is 5.56 Å². The number of aromatic nitrogens is 1. The van der Waals surface area contributed by atoms with Crippen molar-refractivity contribution in [2.75, 3.05) is 7.11 Å². The van der Waals surface area contributed by atoms with Gasteiger partial charge in [0.1, 0.15) is 5.75 Å². The molecule has 1 aromatic heterocycles. The first-order valence-electron chi connectivity index (χ1n) is 4.68. The van der Waals surface area contributed by atoms with Crippen molar-refractivity contribution in [3.05, 3.63) is 46.3 Å². The summed E-state index contributed by atoms with van der Waals surface area (Å²) in [6.07, 6.45) is 4.13. The molecule has 0 amide bonds. The van der Waals surface area contributed by atoms with E-state index in [-0.39, 0.29) is 0 Å². The van der Waals surface area contributed by atoms with E-state index < -0.39 is 4.92 Å². The maximum absolute atomic E-state index is 10.3. The van der Waals surface area contributed by atoms with Crippen LogP contribution in [0.5, 0.6) is 5.75 Å². The van der Waals surface area contributed by atoms with Crippen molar-refractivity contribution in [1.29, 1.82) is 0 Å². The van der Waals surface area contributed by atoms with Crippen LogP contribution in [0.4, 0.5) is 0 Å². The summed E-state index contributed by atoms with van der Waals surface area (Å²) >= 11 is 0. The van der Waals surface area contributed by atoms with E-state index in [2.05, 4.69) is 4.98 Å². The number of nitrogens with zero attached hydrogens (tertiary/aromatic N) is 1. The molecule has 0 saturated heterocycles. The summed E-state index contributed by atoms with van der Waals surface area (Å²) in [7, 11) is 1.54. The topological polar surface area (TPSA) is 68.2 Å². The first-order valence-corrected chi connectivity index (χ1v) is 4.68. The highest BCUT2D eigenvalue weighted by molar-refractivity contribution is 5.91. The van der Waals surface area contributed by atoms with Gasteiger partial charge >= 0.3 is 0 Å². The molecule has 1 heterocycles. The second kappa shape index (κ2) is 4.06. The third kappa shape index (κ3) is 1.75. The molecule has 0 aliphatic carbocycles. The SMILES string of the molecule is COc1ccc2[nH]ccc2c1C=C[N+](=O)[O-]. The Morgan fingerprint density at radius 1 is 1.44 bits per heavy atom. The molecule has 5 nitrogen and oxygen atoms in total. The summed E-state index contributed by atoms with van der Waals surface area (Å²) in [6, 6.07) is 5.51. The van der Waals surface area contributed by atoms with Crippen molar-refractivity contribution >= 4 is 17.0 Å². The highest BCUT2D eigenvalue weighted by Gasteiger charge is 2.07. The molecule has 82 valence electrons. The molecule has 2 aromatic rings. The molecule has 0 aliphatic rings. The molecule has 16 heavy (non-hydrogen) atoms. The second-order valence-electron chi connectivity index (χ2n) is 3.22. The number of hydrogen-bond acceptors (Lipinski definition) is 3. The molecule has 5 heteroatoms. The lowest BCUT2D eigenvalue weighted by Gasteiger charge is -2.04. The summed E-state index contributed by atoms with van der Waals surface area (Å²) in [5, 5.41) is 11.2. The summed E-state index contributed by atoms with van der Waals surface area (Å²) in [6.45, 7) is 0. The zero-order chi connectivity index (χ0) is 11.5. The highest BCUT2D eigenvalue weighted by atomic mass is 16.6. The minimum atomic E-state index is -0.495. The predicted octanol–water partition coefficient (Wildman–Crippen LogP) is 2.42. The molecule has 0 fully saturated rings. The van der Waals surface area contributed by atoms with Crippen LogP contribution in [-0.2, 0) is 0 Å². The number of nitro groups is 1. The molecule has 0 atom stereocenters. The van der Waals surface area contributed by atoms with Crippen LogP contribution in [0, 0.1) is 10.1 Å². The molecule has 0 saturated carbocycles. The van der Waals surface area contributed by atoms with Gasteiger partial charge in [0.15, 0.2) is 0 Å². The van der Waals surface area contributed by atoms with E-state index in [9.17, 15) is 10.1 Å². The van der Waals surface area contributed by atoms with Crippen LogP contribution in [0.25, 0.3) is 17.0 Å².